The average Bonchev–Trinajstić information content (AvgIpc) is 2.62. The highest BCUT2D eigenvalue weighted by molar-refractivity contribution is 5.85. The average molecular weight is 364 g/mol. The first kappa shape index (κ1) is 19.4. The lowest BCUT2D eigenvalue weighted by molar-refractivity contribution is -0.131. The van der Waals surface area contributed by atoms with Gasteiger partial charge in [0.15, 0.2) is 0 Å². The van der Waals surface area contributed by atoms with Crippen LogP contribution >= 0.6 is 0 Å². The molecule has 1 aliphatic carbocycles. The van der Waals surface area contributed by atoms with Gasteiger partial charge >= 0.3 is 5.97 Å². The Labute approximate surface area is 161 Å². The van der Waals surface area contributed by atoms with Gasteiger partial charge in [0.25, 0.3) is 0 Å². The third-order valence-corrected chi connectivity index (χ3v) is 5.14. The minimum Gasteiger partial charge on any atom is -0.426 e. The Morgan fingerprint density at radius 1 is 1.04 bits per heavy atom. The third kappa shape index (κ3) is 4.86. The number of rotatable bonds is 4. The van der Waals surface area contributed by atoms with Crippen molar-refractivity contribution in [2.24, 2.45) is 0 Å². The molecular weight excluding hydrogens is 336 g/mol. The van der Waals surface area contributed by atoms with Crippen LogP contribution in [0.15, 0.2) is 48.5 Å². The summed E-state index contributed by atoms with van der Waals surface area (Å²) in [6, 6.07) is 14.0. The van der Waals surface area contributed by atoms with Crippen LogP contribution in [0.1, 0.15) is 61.3 Å². The second-order valence-corrected chi connectivity index (χ2v) is 7.68. The Hall–Kier alpha value is -2.39. The van der Waals surface area contributed by atoms with Crippen LogP contribution in [0.2, 0.25) is 0 Å². The maximum atomic E-state index is 11.6. The third-order valence-electron chi connectivity index (χ3n) is 5.14. The van der Waals surface area contributed by atoms with Gasteiger partial charge in [-0.15, -0.1) is 0 Å². The van der Waals surface area contributed by atoms with Gasteiger partial charge in [-0.1, -0.05) is 60.7 Å². The highest BCUT2D eigenvalue weighted by atomic mass is 16.5. The number of carbonyl (C=O) groups is 1. The first-order valence-electron chi connectivity index (χ1n) is 9.68. The van der Waals surface area contributed by atoms with Gasteiger partial charge in [0.1, 0.15) is 5.75 Å². The zero-order valence-electron chi connectivity index (χ0n) is 16.4. The topological polar surface area (TPSA) is 46.5 Å². The first-order valence-corrected chi connectivity index (χ1v) is 9.68. The van der Waals surface area contributed by atoms with Gasteiger partial charge in [-0.2, -0.15) is 0 Å². The number of esters is 1. The molecule has 0 atom stereocenters. The number of hydrogen-bond acceptors (Lipinski definition) is 3. The van der Waals surface area contributed by atoms with Crippen molar-refractivity contribution in [1.29, 1.82) is 0 Å². The van der Waals surface area contributed by atoms with Crippen LogP contribution in [0.4, 0.5) is 0 Å². The molecule has 1 N–H and O–H groups in total. The van der Waals surface area contributed by atoms with Crippen molar-refractivity contribution in [3.63, 3.8) is 0 Å². The molecule has 0 aromatic heterocycles. The van der Waals surface area contributed by atoms with Crippen molar-refractivity contribution in [3.8, 4) is 5.75 Å². The number of aryl methyl sites for hydroxylation is 2. The fraction of sp³-hybridized carbons (Fsp3) is 0.375. The van der Waals surface area contributed by atoms with E-state index in [4.69, 9.17) is 4.74 Å². The van der Waals surface area contributed by atoms with Crippen molar-refractivity contribution in [2.75, 3.05) is 0 Å². The molecule has 0 aliphatic heterocycles. The second kappa shape index (κ2) is 8.10. The van der Waals surface area contributed by atoms with Crippen LogP contribution in [0, 0.1) is 13.8 Å². The Balaban J connectivity index is 2.19. The zero-order valence-corrected chi connectivity index (χ0v) is 16.4. The molecule has 0 saturated heterocycles. The van der Waals surface area contributed by atoms with E-state index in [1.54, 1.807) is 0 Å². The van der Waals surface area contributed by atoms with E-state index < -0.39 is 5.60 Å². The maximum Gasteiger partial charge on any atom is 0.308 e. The van der Waals surface area contributed by atoms with E-state index in [0.717, 1.165) is 53.5 Å². The molecule has 1 saturated carbocycles. The van der Waals surface area contributed by atoms with Crippen LogP contribution in [0.5, 0.6) is 5.75 Å². The number of aliphatic hydroxyl groups is 1. The molecular formula is C24H28O3. The lowest BCUT2D eigenvalue weighted by Gasteiger charge is -2.30. The van der Waals surface area contributed by atoms with Gasteiger partial charge in [-0.25, -0.2) is 0 Å². The molecule has 27 heavy (non-hydrogen) atoms. The van der Waals surface area contributed by atoms with Crippen LogP contribution < -0.4 is 4.74 Å². The highest BCUT2D eigenvalue weighted by Gasteiger charge is 2.28. The quantitative estimate of drug-likeness (QED) is 0.587. The molecule has 3 rings (SSSR count). The molecule has 3 heteroatoms. The number of carbonyl (C=O) groups excluding carboxylic acids is 1. The summed E-state index contributed by atoms with van der Waals surface area (Å²) >= 11 is 0. The maximum absolute atomic E-state index is 11.6. The molecule has 0 unspecified atom stereocenters. The smallest absolute Gasteiger partial charge is 0.308 e. The fourth-order valence-corrected chi connectivity index (χ4v) is 3.80. The summed E-state index contributed by atoms with van der Waals surface area (Å²) < 4.78 is 5.49. The Morgan fingerprint density at radius 2 is 1.74 bits per heavy atom. The number of ether oxygens (including phenoxy) is 1. The summed E-state index contributed by atoms with van der Waals surface area (Å²) in [6.45, 7) is 5.48. The Bertz CT molecular complexity index is 858. The molecule has 0 spiro atoms. The number of benzene rings is 2. The van der Waals surface area contributed by atoms with E-state index in [0.29, 0.717) is 5.75 Å². The second-order valence-electron chi connectivity index (χ2n) is 7.68. The minimum atomic E-state index is -0.825. The van der Waals surface area contributed by atoms with Gasteiger partial charge in [0.05, 0.1) is 5.60 Å². The monoisotopic (exact) mass is 364 g/mol. The van der Waals surface area contributed by atoms with Crippen molar-refractivity contribution in [2.45, 2.75) is 58.5 Å². The van der Waals surface area contributed by atoms with Crippen LogP contribution in [0.25, 0.3) is 5.57 Å². The zero-order chi connectivity index (χ0) is 19.4. The molecule has 1 aliphatic rings. The molecule has 1 fully saturated rings. The van der Waals surface area contributed by atoms with E-state index in [1.807, 2.05) is 43.3 Å². The standard InChI is InChI=1S/C24H28O3/c1-17-8-7-9-20(14-17)22(16-24(26)12-5-4-6-13-24)21-15-18(2)10-11-23(21)27-19(3)25/h7-11,14-16,26H,4-6,12-13H2,1-3H3/b22-16-. The van der Waals surface area contributed by atoms with Gasteiger partial charge in [0.2, 0.25) is 0 Å². The normalized spacial score (nSPS) is 16.8. The highest BCUT2D eigenvalue weighted by Crippen LogP contribution is 2.38. The first-order chi connectivity index (χ1) is 12.9. The van der Waals surface area contributed by atoms with Crippen molar-refractivity contribution in [1.82, 2.24) is 0 Å². The predicted molar refractivity (Wildman–Crippen MR) is 109 cm³/mol. The van der Waals surface area contributed by atoms with Crippen molar-refractivity contribution in [3.05, 3.63) is 70.8 Å². The van der Waals surface area contributed by atoms with Crippen LogP contribution in [-0.4, -0.2) is 16.7 Å². The molecule has 0 amide bonds. The van der Waals surface area contributed by atoms with Gasteiger partial charge in [0, 0.05) is 12.5 Å². The Morgan fingerprint density at radius 3 is 2.41 bits per heavy atom. The van der Waals surface area contributed by atoms with E-state index in [1.165, 1.54) is 13.3 Å². The van der Waals surface area contributed by atoms with Gasteiger partial charge in [-0.05, 0) is 56.0 Å². The largest absolute Gasteiger partial charge is 0.426 e. The van der Waals surface area contributed by atoms with Crippen molar-refractivity contribution >= 4 is 11.5 Å². The van der Waals surface area contributed by atoms with Gasteiger partial charge < -0.3 is 9.84 Å². The van der Waals surface area contributed by atoms with E-state index >= 15 is 0 Å². The molecule has 2 aromatic carbocycles. The van der Waals surface area contributed by atoms with Crippen LogP contribution in [-0.2, 0) is 4.79 Å². The van der Waals surface area contributed by atoms with E-state index in [2.05, 4.69) is 19.1 Å². The number of hydrogen-bond donors (Lipinski definition) is 1. The molecule has 0 radical (unpaired) electrons. The van der Waals surface area contributed by atoms with Gasteiger partial charge in [-0.3, -0.25) is 4.79 Å². The summed E-state index contributed by atoms with van der Waals surface area (Å²) in [5, 5.41) is 11.2. The Kier molecular flexibility index (Phi) is 5.81. The molecule has 0 bridgehead atoms. The predicted octanol–water partition coefficient (Wildman–Crippen LogP) is 5.36. The van der Waals surface area contributed by atoms with Crippen molar-refractivity contribution < 1.29 is 14.6 Å². The molecule has 2 aromatic rings. The van der Waals surface area contributed by atoms with Crippen LogP contribution in [0.3, 0.4) is 0 Å². The van der Waals surface area contributed by atoms with E-state index in [9.17, 15) is 9.90 Å². The summed E-state index contributed by atoms with van der Waals surface area (Å²) in [7, 11) is 0. The summed E-state index contributed by atoms with van der Waals surface area (Å²) in [5.74, 6) is 0.181. The summed E-state index contributed by atoms with van der Waals surface area (Å²) in [5.41, 5.74) is 4.19. The fourth-order valence-electron chi connectivity index (χ4n) is 3.80. The summed E-state index contributed by atoms with van der Waals surface area (Å²) in [6.07, 6.45) is 6.73. The summed E-state index contributed by atoms with van der Waals surface area (Å²) in [4.78, 5) is 11.6. The molecule has 3 nitrogen and oxygen atoms in total. The lowest BCUT2D eigenvalue weighted by atomic mass is 9.81. The van der Waals surface area contributed by atoms with E-state index in [-0.39, 0.29) is 5.97 Å². The molecule has 142 valence electrons. The SMILES string of the molecule is CC(=O)Oc1ccc(C)cc1/C(=C\C1(O)CCCCC1)c1cccc(C)c1. The minimum absolute atomic E-state index is 0.347. The molecule has 0 heterocycles. The lowest BCUT2D eigenvalue weighted by Crippen LogP contribution is -2.29.